The van der Waals surface area contributed by atoms with Gasteiger partial charge in [-0.2, -0.15) is 0 Å². The van der Waals surface area contributed by atoms with E-state index in [1.807, 2.05) is 34.9 Å². The van der Waals surface area contributed by atoms with Crippen molar-refractivity contribution in [2.24, 2.45) is 0 Å². The summed E-state index contributed by atoms with van der Waals surface area (Å²) in [5, 5.41) is 14.4. The number of hydrogen-bond donors (Lipinski definition) is 3. The van der Waals surface area contributed by atoms with Crippen LogP contribution in [0, 0.1) is 0 Å². The SMILES string of the molecule is CCCNC(=O)N1CC2(C1)CN(C(=O)CN1CCOCC1)[C@@H](CO)c1[nH]c3cc(OC)ccc3c12. The van der Waals surface area contributed by atoms with Crippen LogP contribution in [0.4, 0.5) is 4.79 Å². The first-order valence-corrected chi connectivity index (χ1v) is 12.4. The average molecular weight is 486 g/mol. The number of aromatic amines is 1. The predicted octanol–water partition coefficient (Wildman–Crippen LogP) is 1.06. The summed E-state index contributed by atoms with van der Waals surface area (Å²) in [5.74, 6) is 0.723. The van der Waals surface area contributed by atoms with Crippen LogP contribution in [0.5, 0.6) is 5.75 Å². The lowest BCUT2D eigenvalue weighted by molar-refractivity contribution is -0.140. The number of nitrogens with one attached hydrogen (secondary N) is 2. The topological polar surface area (TPSA) is 110 Å². The number of amides is 3. The number of aliphatic hydroxyl groups excluding tert-OH is 1. The molecule has 35 heavy (non-hydrogen) atoms. The summed E-state index contributed by atoms with van der Waals surface area (Å²) in [5.41, 5.74) is 2.47. The molecule has 3 N–H and O–H groups in total. The Labute approximate surface area is 205 Å². The summed E-state index contributed by atoms with van der Waals surface area (Å²) in [7, 11) is 1.63. The summed E-state index contributed by atoms with van der Waals surface area (Å²) in [4.78, 5) is 35.4. The maximum atomic E-state index is 13.6. The van der Waals surface area contributed by atoms with Gasteiger partial charge in [-0.25, -0.2) is 4.79 Å². The second-order valence-corrected chi connectivity index (χ2v) is 9.80. The number of aromatic nitrogens is 1. The molecule has 1 aromatic carbocycles. The lowest BCUT2D eigenvalue weighted by atomic mass is 9.69. The Morgan fingerprint density at radius 3 is 2.71 bits per heavy atom. The molecule has 2 fully saturated rings. The summed E-state index contributed by atoms with van der Waals surface area (Å²) in [6.45, 7) is 6.97. The minimum Gasteiger partial charge on any atom is -0.497 e. The van der Waals surface area contributed by atoms with Crippen LogP contribution in [0.1, 0.15) is 30.6 Å². The highest BCUT2D eigenvalue weighted by Gasteiger charge is 2.55. The molecule has 0 saturated carbocycles. The Balaban J connectivity index is 1.50. The van der Waals surface area contributed by atoms with E-state index in [0.29, 0.717) is 45.9 Å². The van der Waals surface area contributed by atoms with Gasteiger partial charge in [0.15, 0.2) is 0 Å². The van der Waals surface area contributed by atoms with Crippen LogP contribution in [0.2, 0.25) is 0 Å². The van der Waals surface area contributed by atoms with Crippen molar-refractivity contribution >= 4 is 22.8 Å². The van der Waals surface area contributed by atoms with Crippen LogP contribution in [-0.4, -0.2) is 109 Å². The van der Waals surface area contributed by atoms with Crippen LogP contribution in [0.25, 0.3) is 10.9 Å². The van der Waals surface area contributed by atoms with Gasteiger partial charge in [-0.3, -0.25) is 9.69 Å². The first kappa shape index (κ1) is 23.9. The maximum absolute atomic E-state index is 13.6. The minimum atomic E-state index is -0.467. The van der Waals surface area contributed by atoms with Gasteiger partial charge in [0.05, 0.1) is 44.9 Å². The molecule has 5 rings (SSSR count). The van der Waals surface area contributed by atoms with Crippen molar-refractivity contribution in [3.05, 3.63) is 29.5 Å². The Hall–Kier alpha value is -2.82. The van der Waals surface area contributed by atoms with Crippen molar-refractivity contribution in [1.29, 1.82) is 0 Å². The molecular weight excluding hydrogens is 450 g/mol. The molecule has 1 atom stereocenters. The van der Waals surface area contributed by atoms with Gasteiger partial charge in [-0.1, -0.05) is 6.92 Å². The monoisotopic (exact) mass is 485 g/mol. The fourth-order valence-corrected chi connectivity index (χ4v) is 5.74. The number of likely N-dealkylation sites (tertiary alicyclic amines) is 1. The molecule has 4 heterocycles. The van der Waals surface area contributed by atoms with E-state index >= 15 is 0 Å². The quantitative estimate of drug-likeness (QED) is 0.564. The second kappa shape index (κ2) is 9.67. The summed E-state index contributed by atoms with van der Waals surface area (Å²) < 4.78 is 10.8. The predicted molar refractivity (Wildman–Crippen MR) is 131 cm³/mol. The van der Waals surface area contributed by atoms with E-state index in [0.717, 1.165) is 47.4 Å². The van der Waals surface area contributed by atoms with Gasteiger partial charge >= 0.3 is 6.03 Å². The van der Waals surface area contributed by atoms with Gasteiger partial charge in [0, 0.05) is 61.9 Å². The molecule has 1 aromatic heterocycles. The highest BCUT2D eigenvalue weighted by molar-refractivity contribution is 5.90. The minimum absolute atomic E-state index is 0.0129. The van der Waals surface area contributed by atoms with Gasteiger partial charge in [0.25, 0.3) is 0 Å². The number of aliphatic hydroxyl groups is 1. The molecule has 0 bridgehead atoms. The molecule has 2 aromatic rings. The lowest BCUT2D eigenvalue weighted by Crippen LogP contribution is -2.69. The van der Waals surface area contributed by atoms with Gasteiger partial charge in [0.1, 0.15) is 5.75 Å². The van der Waals surface area contributed by atoms with E-state index in [-0.39, 0.29) is 18.5 Å². The molecule has 0 aliphatic carbocycles. The highest BCUT2D eigenvalue weighted by Crippen LogP contribution is 2.48. The van der Waals surface area contributed by atoms with Crippen molar-refractivity contribution in [3.8, 4) is 5.75 Å². The largest absolute Gasteiger partial charge is 0.497 e. The zero-order valence-electron chi connectivity index (χ0n) is 20.5. The number of H-pyrrole nitrogens is 1. The van der Waals surface area contributed by atoms with Crippen LogP contribution in [-0.2, 0) is 14.9 Å². The molecular formula is C25H35N5O5. The third-order valence-corrected chi connectivity index (χ3v) is 7.50. The second-order valence-electron chi connectivity index (χ2n) is 9.80. The normalized spacial score (nSPS) is 21.6. The van der Waals surface area contributed by atoms with Gasteiger partial charge < -0.3 is 34.7 Å². The number of carbonyl (C=O) groups excluding carboxylic acids is 2. The van der Waals surface area contributed by atoms with E-state index in [1.165, 1.54) is 0 Å². The number of hydrogen-bond acceptors (Lipinski definition) is 6. The lowest BCUT2D eigenvalue weighted by Gasteiger charge is -2.56. The van der Waals surface area contributed by atoms with Gasteiger partial charge in [-0.05, 0) is 24.1 Å². The Morgan fingerprint density at radius 1 is 1.26 bits per heavy atom. The number of methoxy groups -OCH3 is 1. The number of fused-ring (bicyclic) bond motifs is 4. The van der Waals surface area contributed by atoms with Crippen LogP contribution < -0.4 is 10.1 Å². The number of ether oxygens (including phenoxy) is 2. The first-order valence-electron chi connectivity index (χ1n) is 12.4. The third-order valence-electron chi connectivity index (χ3n) is 7.50. The zero-order valence-corrected chi connectivity index (χ0v) is 20.5. The molecule has 0 radical (unpaired) electrons. The van der Waals surface area contributed by atoms with Crippen molar-refractivity contribution in [3.63, 3.8) is 0 Å². The van der Waals surface area contributed by atoms with Crippen LogP contribution >= 0.6 is 0 Å². The molecule has 3 aliphatic heterocycles. The summed E-state index contributed by atoms with van der Waals surface area (Å²) in [6, 6.07) is 5.37. The Kier molecular flexibility index (Phi) is 6.61. The fourth-order valence-electron chi connectivity index (χ4n) is 5.74. The number of rotatable bonds is 6. The zero-order chi connectivity index (χ0) is 24.6. The van der Waals surface area contributed by atoms with E-state index in [2.05, 4.69) is 15.2 Å². The molecule has 0 unspecified atom stereocenters. The van der Waals surface area contributed by atoms with Crippen molar-refractivity contribution < 1.29 is 24.2 Å². The molecule has 3 amide bonds. The fraction of sp³-hybridized carbons (Fsp3) is 0.600. The number of carbonyl (C=O) groups is 2. The number of benzene rings is 1. The molecule has 3 aliphatic rings. The molecule has 10 heteroatoms. The smallest absolute Gasteiger partial charge is 0.317 e. The maximum Gasteiger partial charge on any atom is 0.317 e. The van der Waals surface area contributed by atoms with E-state index < -0.39 is 11.5 Å². The van der Waals surface area contributed by atoms with Crippen molar-refractivity contribution in [1.82, 2.24) is 25.0 Å². The summed E-state index contributed by atoms with van der Waals surface area (Å²) in [6.07, 6.45) is 0.876. The third kappa shape index (κ3) is 4.23. The van der Waals surface area contributed by atoms with E-state index in [9.17, 15) is 14.7 Å². The molecule has 190 valence electrons. The average Bonchev–Trinajstić information content (AvgIpc) is 3.24. The van der Waals surface area contributed by atoms with Crippen LogP contribution in [0.15, 0.2) is 18.2 Å². The number of nitrogens with zero attached hydrogens (tertiary/aromatic N) is 3. The van der Waals surface area contributed by atoms with Crippen LogP contribution in [0.3, 0.4) is 0 Å². The Bertz CT molecular complexity index is 1090. The number of urea groups is 1. The summed E-state index contributed by atoms with van der Waals surface area (Å²) >= 11 is 0. The van der Waals surface area contributed by atoms with Crippen molar-refractivity contribution in [2.45, 2.75) is 24.8 Å². The standard InChI is InChI=1S/C25H35N5O5/c1-3-6-26-24(33)29-14-25(15-29)16-30(21(32)12-28-7-9-35-10-8-28)20(13-31)23-22(25)18-5-4-17(34-2)11-19(18)27-23/h4-5,11,20,27,31H,3,6-10,12-16H2,1-2H3,(H,26,33)/t20-/m0/s1. The van der Waals surface area contributed by atoms with Crippen molar-refractivity contribution in [2.75, 3.05) is 72.7 Å². The first-order chi connectivity index (χ1) is 17.0. The Morgan fingerprint density at radius 2 is 2.03 bits per heavy atom. The molecule has 2 saturated heterocycles. The highest BCUT2D eigenvalue weighted by atomic mass is 16.5. The number of morpholine rings is 1. The van der Waals surface area contributed by atoms with Gasteiger partial charge in [0.2, 0.25) is 5.91 Å². The van der Waals surface area contributed by atoms with E-state index in [4.69, 9.17) is 9.47 Å². The molecule has 10 nitrogen and oxygen atoms in total. The molecule has 1 spiro atoms. The van der Waals surface area contributed by atoms with E-state index in [1.54, 1.807) is 7.11 Å². The van der Waals surface area contributed by atoms with Gasteiger partial charge in [-0.15, -0.1) is 0 Å².